The number of benzene rings is 1. The van der Waals surface area contributed by atoms with Crippen molar-refractivity contribution in [2.24, 2.45) is 0 Å². The van der Waals surface area contributed by atoms with Gasteiger partial charge >= 0.3 is 5.69 Å². The molecule has 1 aliphatic heterocycles. The second-order valence-electron chi connectivity index (χ2n) is 5.04. The summed E-state index contributed by atoms with van der Waals surface area (Å²) in [6, 6.07) is 5.32. The first kappa shape index (κ1) is 13.2. The summed E-state index contributed by atoms with van der Waals surface area (Å²) in [4.78, 5) is 15.0. The van der Waals surface area contributed by atoms with E-state index in [1.165, 1.54) is 0 Å². The molecule has 1 saturated heterocycles. The summed E-state index contributed by atoms with van der Waals surface area (Å²) in [6.07, 6.45) is 0.931. The number of rotatable bonds is 2. The van der Waals surface area contributed by atoms with Gasteiger partial charge in [0.1, 0.15) is 21.1 Å². The topological polar surface area (TPSA) is 81.2 Å². The number of imidazole rings is 1. The molecule has 0 spiro atoms. The van der Waals surface area contributed by atoms with Crippen LogP contribution in [-0.2, 0) is 9.84 Å². The Balaban J connectivity index is 2.12. The van der Waals surface area contributed by atoms with Crippen LogP contribution in [0.15, 0.2) is 23.0 Å². The van der Waals surface area contributed by atoms with Crippen LogP contribution in [-0.4, -0.2) is 36.6 Å². The van der Waals surface area contributed by atoms with Crippen molar-refractivity contribution >= 4 is 20.9 Å². The fourth-order valence-corrected chi connectivity index (χ4v) is 4.26. The molecule has 0 radical (unpaired) electrons. The Morgan fingerprint density at radius 1 is 1.30 bits per heavy atom. The van der Waals surface area contributed by atoms with Crippen molar-refractivity contribution in [1.29, 1.82) is 0 Å². The van der Waals surface area contributed by atoms with E-state index in [2.05, 4.69) is 4.98 Å². The normalized spacial score (nSPS) is 19.2. The van der Waals surface area contributed by atoms with E-state index in [-0.39, 0.29) is 23.2 Å². The largest absolute Gasteiger partial charge is 0.494 e. The molecule has 1 fully saturated rings. The fourth-order valence-electron chi connectivity index (χ4n) is 2.80. The highest BCUT2D eigenvalue weighted by atomic mass is 32.2. The number of aromatic amines is 1. The molecule has 108 valence electrons. The SMILES string of the molecule is COc1cccc2[nH]c(=O)n(C3CCS(=O)(=O)CC3)c12. The second kappa shape index (κ2) is 4.66. The molecule has 0 aliphatic carbocycles. The third kappa shape index (κ3) is 2.11. The van der Waals surface area contributed by atoms with Crippen molar-refractivity contribution in [1.82, 2.24) is 9.55 Å². The molecule has 1 N–H and O–H groups in total. The van der Waals surface area contributed by atoms with Crippen LogP contribution in [0.5, 0.6) is 5.75 Å². The van der Waals surface area contributed by atoms with Crippen LogP contribution < -0.4 is 10.4 Å². The van der Waals surface area contributed by atoms with Gasteiger partial charge in [-0.25, -0.2) is 13.2 Å². The Morgan fingerprint density at radius 3 is 2.65 bits per heavy atom. The van der Waals surface area contributed by atoms with E-state index < -0.39 is 9.84 Å². The lowest BCUT2D eigenvalue weighted by molar-refractivity contribution is 0.408. The molecule has 3 rings (SSSR count). The first-order valence-corrected chi connectivity index (χ1v) is 8.31. The molecule has 2 heterocycles. The minimum absolute atomic E-state index is 0.101. The Kier molecular flexibility index (Phi) is 3.08. The van der Waals surface area contributed by atoms with Gasteiger partial charge in [0, 0.05) is 6.04 Å². The van der Waals surface area contributed by atoms with Gasteiger partial charge in [-0.2, -0.15) is 0 Å². The molecule has 0 amide bonds. The van der Waals surface area contributed by atoms with Gasteiger partial charge in [-0.05, 0) is 25.0 Å². The lowest BCUT2D eigenvalue weighted by Gasteiger charge is -2.23. The van der Waals surface area contributed by atoms with E-state index in [1.807, 2.05) is 12.1 Å². The highest BCUT2D eigenvalue weighted by Gasteiger charge is 2.27. The molecular weight excluding hydrogens is 280 g/mol. The molecule has 0 atom stereocenters. The smallest absolute Gasteiger partial charge is 0.326 e. The molecule has 0 saturated carbocycles. The van der Waals surface area contributed by atoms with Crippen molar-refractivity contribution in [2.45, 2.75) is 18.9 Å². The number of nitrogens with one attached hydrogen (secondary N) is 1. The predicted octanol–water partition coefficient (Wildman–Crippen LogP) is 1.09. The van der Waals surface area contributed by atoms with Crippen molar-refractivity contribution in [2.75, 3.05) is 18.6 Å². The monoisotopic (exact) mass is 296 g/mol. The van der Waals surface area contributed by atoms with E-state index in [0.717, 1.165) is 0 Å². The number of hydrogen-bond donors (Lipinski definition) is 1. The molecule has 1 aliphatic rings. The number of aromatic nitrogens is 2. The van der Waals surface area contributed by atoms with Crippen LogP contribution in [0.3, 0.4) is 0 Å². The van der Waals surface area contributed by atoms with Crippen LogP contribution in [0, 0.1) is 0 Å². The van der Waals surface area contributed by atoms with Gasteiger partial charge in [0.05, 0.1) is 24.1 Å². The summed E-state index contributed by atoms with van der Waals surface area (Å²) in [5.74, 6) is 0.881. The first-order chi connectivity index (χ1) is 9.52. The Hall–Kier alpha value is -1.76. The van der Waals surface area contributed by atoms with E-state index in [9.17, 15) is 13.2 Å². The number of sulfone groups is 1. The summed E-state index contributed by atoms with van der Waals surface area (Å²) in [5, 5.41) is 0. The fraction of sp³-hybridized carbons (Fsp3) is 0.462. The lowest BCUT2D eigenvalue weighted by Crippen LogP contribution is -2.30. The number of para-hydroxylation sites is 1. The number of nitrogens with zero attached hydrogens (tertiary/aromatic N) is 1. The summed E-state index contributed by atoms with van der Waals surface area (Å²) >= 11 is 0. The van der Waals surface area contributed by atoms with E-state index >= 15 is 0 Å². The van der Waals surface area contributed by atoms with Crippen LogP contribution in [0.2, 0.25) is 0 Å². The van der Waals surface area contributed by atoms with Gasteiger partial charge in [-0.1, -0.05) is 6.07 Å². The van der Waals surface area contributed by atoms with Gasteiger partial charge in [0.2, 0.25) is 0 Å². The van der Waals surface area contributed by atoms with E-state index in [4.69, 9.17) is 4.74 Å². The summed E-state index contributed by atoms with van der Waals surface area (Å²) < 4.78 is 30.0. The van der Waals surface area contributed by atoms with Crippen molar-refractivity contribution in [3.8, 4) is 5.75 Å². The van der Waals surface area contributed by atoms with Crippen LogP contribution in [0.1, 0.15) is 18.9 Å². The third-order valence-electron chi connectivity index (χ3n) is 3.81. The molecule has 0 bridgehead atoms. The molecule has 6 nitrogen and oxygen atoms in total. The maximum Gasteiger partial charge on any atom is 0.326 e. The first-order valence-electron chi connectivity index (χ1n) is 6.49. The zero-order valence-corrected chi connectivity index (χ0v) is 11.9. The number of hydrogen-bond acceptors (Lipinski definition) is 4. The number of ether oxygens (including phenoxy) is 1. The molecule has 1 aromatic heterocycles. The van der Waals surface area contributed by atoms with Crippen LogP contribution in [0.4, 0.5) is 0 Å². The van der Waals surface area contributed by atoms with E-state index in [0.29, 0.717) is 29.6 Å². The van der Waals surface area contributed by atoms with Crippen LogP contribution >= 0.6 is 0 Å². The quantitative estimate of drug-likeness (QED) is 0.899. The Labute approximate surface area is 116 Å². The number of fused-ring (bicyclic) bond motifs is 1. The summed E-state index contributed by atoms with van der Waals surface area (Å²) in [6.45, 7) is 0. The maximum atomic E-state index is 12.2. The standard InChI is InChI=1S/C13H16N2O4S/c1-19-11-4-2-3-10-12(11)15(13(16)14-10)9-5-7-20(17,18)8-6-9/h2-4,9H,5-8H2,1H3,(H,14,16). The molecule has 20 heavy (non-hydrogen) atoms. The zero-order valence-electron chi connectivity index (χ0n) is 11.1. The van der Waals surface area contributed by atoms with Crippen molar-refractivity contribution < 1.29 is 13.2 Å². The average molecular weight is 296 g/mol. The molecule has 1 aromatic carbocycles. The molecule has 0 unspecified atom stereocenters. The highest BCUT2D eigenvalue weighted by molar-refractivity contribution is 7.91. The van der Waals surface area contributed by atoms with Crippen LogP contribution in [0.25, 0.3) is 11.0 Å². The lowest BCUT2D eigenvalue weighted by atomic mass is 10.1. The minimum atomic E-state index is -2.95. The average Bonchev–Trinajstić information content (AvgIpc) is 2.75. The Bertz CT molecular complexity index is 789. The highest BCUT2D eigenvalue weighted by Crippen LogP contribution is 2.30. The van der Waals surface area contributed by atoms with Crippen molar-refractivity contribution in [3.05, 3.63) is 28.7 Å². The maximum absolute atomic E-state index is 12.2. The minimum Gasteiger partial charge on any atom is -0.494 e. The van der Waals surface area contributed by atoms with Gasteiger partial charge in [-0.15, -0.1) is 0 Å². The number of H-pyrrole nitrogens is 1. The Morgan fingerprint density at radius 2 is 2.00 bits per heavy atom. The molecule has 7 heteroatoms. The third-order valence-corrected chi connectivity index (χ3v) is 5.52. The van der Waals surface area contributed by atoms with Gasteiger partial charge in [0.25, 0.3) is 0 Å². The number of methoxy groups -OCH3 is 1. The van der Waals surface area contributed by atoms with Gasteiger partial charge < -0.3 is 9.72 Å². The summed E-state index contributed by atoms with van der Waals surface area (Å²) in [7, 11) is -1.39. The van der Waals surface area contributed by atoms with E-state index in [1.54, 1.807) is 17.7 Å². The van der Waals surface area contributed by atoms with Crippen molar-refractivity contribution in [3.63, 3.8) is 0 Å². The molecule has 2 aromatic rings. The molecular formula is C13H16N2O4S. The second-order valence-corrected chi connectivity index (χ2v) is 7.34. The predicted molar refractivity (Wildman–Crippen MR) is 76.0 cm³/mol. The summed E-state index contributed by atoms with van der Waals surface area (Å²) in [5.41, 5.74) is 1.21. The van der Waals surface area contributed by atoms with Gasteiger partial charge in [0.15, 0.2) is 0 Å². The zero-order chi connectivity index (χ0) is 14.3. The van der Waals surface area contributed by atoms with Gasteiger partial charge in [-0.3, -0.25) is 4.57 Å².